The van der Waals surface area contributed by atoms with Gasteiger partial charge in [0.1, 0.15) is 39.6 Å². The van der Waals surface area contributed by atoms with E-state index in [0.717, 1.165) is 0 Å². The lowest BCUT2D eigenvalue weighted by molar-refractivity contribution is -0.00348. The van der Waals surface area contributed by atoms with Crippen LogP contribution >= 0.6 is 0 Å². The maximum Gasteiger partial charge on any atom is 0.338 e. The maximum atomic E-state index is 12.6. The van der Waals surface area contributed by atoms with Gasteiger partial charge in [0.05, 0.1) is 151 Å². The van der Waals surface area contributed by atoms with Crippen LogP contribution in [0.3, 0.4) is 0 Å². The Hall–Kier alpha value is -3.71. The summed E-state index contributed by atoms with van der Waals surface area (Å²) in [6.07, 6.45) is 15.4. The summed E-state index contributed by atoms with van der Waals surface area (Å²) in [6.45, 7) is 9.17. The molecule has 1 aromatic rings. The number of hydrogen-bond donors (Lipinski definition) is 0. The van der Waals surface area contributed by atoms with Crippen molar-refractivity contribution in [1.29, 1.82) is 0 Å². The van der Waals surface area contributed by atoms with Crippen LogP contribution in [0.4, 0.5) is 0 Å². The van der Waals surface area contributed by atoms with E-state index in [1.165, 1.54) is 19.2 Å². The minimum absolute atomic E-state index is 0.143. The second-order valence-corrected chi connectivity index (χ2v) is 11.1. The molecule has 0 atom stereocenters. The van der Waals surface area contributed by atoms with Crippen LogP contribution in [0.5, 0.6) is 17.2 Å². The van der Waals surface area contributed by atoms with Gasteiger partial charge in [0.2, 0.25) is 5.75 Å². The highest BCUT2D eigenvalue weighted by atomic mass is 16.6. The third-order valence-electron chi connectivity index (χ3n) is 6.79. The summed E-state index contributed by atoms with van der Waals surface area (Å²) in [7, 11) is 1.29. The summed E-state index contributed by atoms with van der Waals surface area (Å²) in [5.74, 6) is 7.39. The van der Waals surface area contributed by atoms with Gasteiger partial charge < -0.3 is 75.8 Å². The second-order valence-electron chi connectivity index (χ2n) is 11.1. The van der Waals surface area contributed by atoms with Crippen LogP contribution in [0.25, 0.3) is 0 Å². The first-order chi connectivity index (χ1) is 28.7. The summed E-state index contributed by atoms with van der Waals surface area (Å²) in [4.78, 5) is 12.6. The van der Waals surface area contributed by atoms with Gasteiger partial charge in [0.25, 0.3) is 0 Å². The van der Waals surface area contributed by atoms with Crippen molar-refractivity contribution in [2.24, 2.45) is 0 Å². The minimum Gasteiger partial charge on any atom is -0.487 e. The Morgan fingerprint density at radius 3 is 0.897 bits per heavy atom. The summed E-state index contributed by atoms with van der Waals surface area (Å²) >= 11 is 0. The van der Waals surface area contributed by atoms with E-state index in [1.54, 1.807) is 0 Å². The van der Waals surface area contributed by atoms with Gasteiger partial charge in [-0.2, -0.15) is 0 Å². The number of rotatable bonds is 43. The largest absolute Gasteiger partial charge is 0.487 e. The smallest absolute Gasteiger partial charge is 0.338 e. The molecule has 0 saturated heterocycles. The molecule has 17 heteroatoms. The molecule has 0 N–H and O–H groups in total. The molecule has 1 aromatic carbocycles. The van der Waals surface area contributed by atoms with Crippen molar-refractivity contribution < 1.29 is 80.6 Å². The third-order valence-corrected chi connectivity index (χ3v) is 6.79. The fourth-order valence-corrected chi connectivity index (χ4v) is 4.17. The van der Waals surface area contributed by atoms with E-state index in [2.05, 4.69) is 17.8 Å². The molecule has 0 aromatic heterocycles. The zero-order chi connectivity index (χ0) is 41.8. The van der Waals surface area contributed by atoms with Gasteiger partial charge in [-0.05, 0) is 12.1 Å². The van der Waals surface area contributed by atoms with Crippen molar-refractivity contribution in [1.82, 2.24) is 0 Å². The standard InChI is InChI=1S/C41H62O17/c1-5-8-44-11-14-47-17-20-50-23-26-53-29-32-56-38-35-37(41(42)43-4)36-39(57-33-30-54-27-24-51-21-18-48-15-12-45-9-6-2)40(38)58-34-31-55-28-25-52-22-19-49-16-13-46-10-7-3/h1-3,35-36H,8-34H2,4H3. The van der Waals surface area contributed by atoms with E-state index in [0.29, 0.717) is 119 Å². The monoisotopic (exact) mass is 826 g/mol. The predicted molar refractivity (Wildman–Crippen MR) is 211 cm³/mol. The van der Waals surface area contributed by atoms with E-state index in [-0.39, 0.29) is 82.3 Å². The first kappa shape index (κ1) is 52.3. The maximum absolute atomic E-state index is 12.6. The van der Waals surface area contributed by atoms with E-state index in [1.807, 2.05) is 0 Å². The number of hydrogen-bond acceptors (Lipinski definition) is 17. The normalized spacial score (nSPS) is 10.8. The van der Waals surface area contributed by atoms with Gasteiger partial charge in [0, 0.05) is 0 Å². The summed E-state index contributed by atoms with van der Waals surface area (Å²) < 4.78 is 88.3. The number of carbonyl (C=O) groups excluding carboxylic acids is 1. The highest BCUT2D eigenvalue weighted by Gasteiger charge is 2.20. The second kappa shape index (κ2) is 41.4. The quantitative estimate of drug-likeness (QED) is 0.0531. The minimum atomic E-state index is -0.581. The molecule has 58 heavy (non-hydrogen) atoms. The Labute approximate surface area is 343 Å². The van der Waals surface area contributed by atoms with Crippen LogP contribution in [0.2, 0.25) is 0 Å². The highest BCUT2D eigenvalue weighted by Crippen LogP contribution is 2.39. The van der Waals surface area contributed by atoms with E-state index in [9.17, 15) is 4.79 Å². The Bertz CT molecular complexity index is 1180. The van der Waals surface area contributed by atoms with Crippen molar-refractivity contribution in [2.45, 2.75) is 0 Å². The Balaban J connectivity index is 2.59. The first-order valence-corrected chi connectivity index (χ1v) is 19.1. The van der Waals surface area contributed by atoms with E-state index < -0.39 is 5.97 Å². The van der Waals surface area contributed by atoms with Crippen LogP contribution in [-0.4, -0.2) is 191 Å². The van der Waals surface area contributed by atoms with Gasteiger partial charge in [-0.25, -0.2) is 4.79 Å². The molecule has 0 bridgehead atoms. The lowest BCUT2D eigenvalue weighted by Crippen LogP contribution is -2.16. The highest BCUT2D eigenvalue weighted by molar-refractivity contribution is 5.91. The SMILES string of the molecule is C#CCOCCOCCOCCOCCOc1cc(C(=O)OC)cc(OCCOCCOCCOCCOCC#C)c1OCCOCCOCCOCCOCC#C. The third kappa shape index (κ3) is 31.3. The zero-order valence-electron chi connectivity index (χ0n) is 33.9. The summed E-state index contributed by atoms with van der Waals surface area (Å²) in [5, 5.41) is 0. The molecule has 0 saturated carbocycles. The lowest BCUT2D eigenvalue weighted by atomic mass is 10.2. The number of ether oxygens (including phenoxy) is 16. The van der Waals surface area contributed by atoms with Crippen LogP contribution in [0.15, 0.2) is 12.1 Å². The first-order valence-electron chi connectivity index (χ1n) is 19.1. The molecule has 0 aliphatic carbocycles. The lowest BCUT2D eigenvalue weighted by Gasteiger charge is -2.18. The molecule has 0 unspecified atom stereocenters. The Morgan fingerprint density at radius 1 is 0.397 bits per heavy atom. The average molecular weight is 827 g/mol. The van der Waals surface area contributed by atoms with Crippen LogP contribution in [0.1, 0.15) is 10.4 Å². The fourth-order valence-electron chi connectivity index (χ4n) is 4.17. The number of benzene rings is 1. The number of methoxy groups -OCH3 is 1. The molecule has 1 rings (SSSR count). The predicted octanol–water partition coefficient (Wildman–Crippen LogP) is 1.71. The van der Waals surface area contributed by atoms with Crippen molar-refractivity contribution in [3.05, 3.63) is 17.7 Å². The van der Waals surface area contributed by atoms with Gasteiger partial charge in [0.15, 0.2) is 11.5 Å². The van der Waals surface area contributed by atoms with Gasteiger partial charge >= 0.3 is 5.97 Å². The van der Waals surface area contributed by atoms with Crippen molar-refractivity contribution in [2.75, 3.05) is 185 Å². The fraction of sp³-hybridized carbons (Fsp3) is 0.683. The van der Waals surface area contributed by atoms with Crippen molar-refractivity contribution >= 4 is 5.97 Å². The van der Waals surface area contributed by atoms with Gasteiger partial charge in [-0.3, -0.25) is 0 Å². The Kier molecular flexibility index (Phi) is 37.4. The molecule has 0 fully saturated rings. The molecule has 0 aliphatic rings. The molecular weight excluding hydrogens is 764 g/mol. The van der Waals surface area contributed by atoms with Gasteiger partial charge in [-0.15, -0.1) is 19.3 Å². The summed E-state index contributed by atoms with van der Waals surface area (Å²) in [6, 6.07) is 3.05. The Morgan fingerprint density at radius 2 is 0.638 bits per heavy atom. The number of carbonyl (C=O) groups is 1. The summed E-state index contributed by atoms with van der Waals surface area (Å²) in [5.41, 5.74) is 0.204. The van der Waals surface area contributed by atoms with Crippen molar-refractivity contribution in [3.8, 4) is 54.3 Å². The molecule has 0 spiro atoms. The average Bonchev–Trinajstić information content (AvgIpc) is 3.24. The van der Waals surface area contributed by atoms with Crippen LogP contribution in [0, 0.1) is 37.0 Å². The van der Waals surface area contributed by atoms with E-state index >= 15 is 0 Å². The van der Waals surface area contributed by atoms with Gasteiger partial charge in [-0.1, -0.05) is 17.8 Å². The molecule has 0 aliphatic heterocycles. The van der Waals surface area contributed by atoms with E-state index in [4.69, 9.17) is 95.1 Å². The molecule has 0 amide bonds. The zero-order valence-corrected chi connectivity index (χ0v) is 33.9. The molecule has 0 radical (unpaired) electrons. The molecule has 328 valence electrons. The van der Waals surface area contributed by atoms with Crippen molar-refractivity contribution in [3.63, 3.8) is 0 Å². The topological polar surface area (TPSA) is 165 Å². The number of terminal acetylenes is 3. The molecule has 17 nitrogen and oxygen atoms in total. The molecular formula is C41H62O17. The van der Waals surface area contributed by atoms with Crippen LogP contribution < -0.4 is 14.2 Å². The van der Waals surface area contributed by atoms with Crippen LogP contribution in [-0.2, 0) is 61.6 Å². The number of esters is 1. The molecule has 0 heterocycles.